The normalized spacial score (nSPS) is 13.4. The second-order valence-electron chi connectivity index (χ2n) is 8.62. The van der Waals surface area contributed by atoms with E-state index in [0.717, 1.165) is 6.42 Å². The standard InChI is InChI=1S/C22H46O/c1-5-6-7-8-9-10-11-12-13-14-15-16-17-18-19-20-21(23)22(2,3)4/h21,23H,5-20H2,1-4H3. The Labute approximate surface area is 147 Å². The molecular weight excluding hydrogens is 280 g/mol. The van der Waals surface area contributed by atoms with Crippen LogP contribution in [0, 0.1) is 5.41 Å². The van der Waals surface area contributed by atoms with Crippen LogP contribution >= 0.6 is 0 Å². The van der Waals surface area contributed by atoms with Crippen LogP contribution in [0.3, 0.4) is 0 Å². The van der Waals surface area contributed by atoms with E-state index in [2.05, 4.69) is 27.7 Å². The van der Waals surface area contributed by atoms with Crippen LogP contribution in [0.2, 0.25) is 0 Å². The Hall–Kier alpha value is -0.0400. The zero-order valence-electron chi connectivity index (χ0n) is 16.8. The molecule has 1 atom stereocenters. The average molecular weight is 327 g/mol. The van der Waals surface area contributed by atoms with E-state index in [4.69, 9.17) is 0 Å². The summed E-state index contributed by atoms with van der Waals surface area (Å²) >= 11 is 0. The van der Waals surface area contributed by atoms with Gasteiger partial charge in [0.2, 0.25) is 0 Å². The monoisotopic (exact) mass is 326 g/mol. The van der Waals surface area contributed by atoms with E-state index < -0.39 is 0 Å². The fourth-order valence-electron chi connectivity index (χ4n) is 3.14. The van der Waals surface area contributed by atoms with Crippen molar-refractivity contribution in [3.63, 3.8) is 0 Å². The van der Waals surface area contributed by atoms with Crippen LogP contribution in [-0.2, 0) is 0 Å². The van der Waals surface area contributed by atoms with Crippen LogP contribution < -0.4 is 0 Å². The van der Waals surface area contributed by atoms with Gasteiger partial charge >= 0.3 is 0 Å². The molecule has 23 heavy (non-hydrogen) atoms. The zero-order valence-corrected chi connectivity index (χ0v) is 16.8. The summed E-state index contributed by atoms with van der Waals surface area (Å²) in [5, 5.41) is 9.99. The molecule has 0 aromatic carbocycles. The molecule has 0 heterocycles. The van der Waals surface area contributed by atoms with Gasteiger partial charge in [-0.3, -0.25) is 0 Å². The third-order valence-electron chi connectivity index (χ3n) is 5.08. The first-order valence-corrected chi connectivity index (χ1v) is 10.7. The summed E-state index contributed by atoms with van der Waals surface area (Å²) < 4.78 is 0. The average Bonchev–Trinajstić information content (AvgIpc) is 2.50. The first-order valence-electron chi connectivity index (χ1n) is 10.7. The van der Waals surface area contributed by atoms with Crippen molar-refractivity contribution in [1.29, 1.82) is 0 Å². The Bertz CT molecular complexity index is 229. The summed E-state index contributed by atoms with van der Waals surface area (Å²) in [5.74, 6) is 0. The third-order valence-corrected chi connectivity index (χ3v) is 5.08. The molecular formula is C22H46O. The maximum Gasteiger partial charge on any atom is 0.0588 e. The predicted octanol–water partition coefficient (Wildman–Crippen LogP) is 7.65. The molecule has 0 rings (SSSR count). The largest absolute Gasteiger partial charge is 0.393 e. The molecule has 1 nitrogen and oxygen atoms in total. The highest BCUT2D eigenvalue weighted by atomic mass is 16.3. The molecule has 0 bridgehead atoms. The van der Waals surface area contributed by atoms with Crippen LogP contribution in [0.5, 0.6) is 0 Å². The Kier molecular flexibility index (Phi) is 15.5. The fraction of sp³-hybridized carbons (Fsp3) is 1.00. The van der Waals surface area contributed by atoms with Crippen LogP contribution in [0.1, 0.15) is 130 Å². The van der Waals surface area contributed by atoms with Crippen molar-refractivity contribution >= 4 is 0 Å². The van der Waals surface area contributed by atoms with Crippen LogP contribution in [0.25, 0.3) is 0 Å². The molecule has 0 spiro atoms. The lowest BCUT2D eigenvalue weighted by atomic mass is 9.86. The SMILES string of the molecule is CCCCCCCCCCCCCCCCCC(O)C(C)(C)C. The minimum Gasteiger partial charge on any atom is -0.393 e. The summed E-state index contributed by atoms with van der Waals surface area (Å²) in [4.78, 5) is 0. The lowest BCUT2D eigenvalue weighted by molar-refractivity contribution is 0.0533. The summed E-state index contributed by atoms with van der Waals surface area (Å²) in [6, 6.07) is 0. The number of unbranched alkanes of at least 4 members (excludes halogenated alkanes) is 14. The van der Waals surface area contributed by atoms with E-state index in [1.165, 1.54) is 96.3 Å². The van der Waals surface area contributed by atoms with E-state index >= 15 is 0 Å². The van der Waals surface area contributed by atoms with Gasteiger partial charge in [-0.05, 0) is 11.8 Å². The summed E-state index contributed by atoms with van der Waals surface area (Å²) in [6.07, 6.45) is 21.9. The third kappa shape index (κ3) is 16.6. The Morgan fingerprint density at radius 3 is 1.17 bits per heavy atom. The fourth-order valence-corrected chi connectivity index (χ4v) is 3.14. The van der Waals surface area contributed by atoms with Gasteiger partial charge in [0.15, 0.2) is 0 Å². The first-order chi connectivity index (χ1) is 11.0. The van der Waals surface area contributed by atoms with Crippen molar-refractivity contribution in [3.05, 3.63) is 0 Å². The molecule has 0 aromatic rings. The number of aliphatic hydroxyl groups excluding tert-OH is 1. The molecule has 1 heteroatoms. The lowest BCUT2D eigenvalue weighted by Gasteiger charge is -2.25. The summed E-state index contributed by atoms with van der Waals surface area (Å²) in [5.41, 5.74) is 0.0516. The van der Waals surface area contributed by atoms with Gasteiger partial charge in [-0.15, -0.1) is 0 Å². The number of aliphatic hydroxyl groups is 1. The van der Waals surface area contributed by atoms with Crippen molar-refractivity contribution in [1.82, 2.24) is 0 Å². The van der Waals surface area contributed by atoms with E-state index in [0.29, 0.717) is 0 Å². The van der Waals surface area contributed by atoms with Crippen LogP contribution in [-0.4, -0.2) is 11.2 Å². The van der Waals surface area contributed by atoms with Crippen molar-refractivity contribution in [2.45, 2.75) is 137 Å². The van der Waals surface area contributed by atoms with Gasteiger partial charge < -0.3 is 5.11 Å². The molecule has 0 saturated carbocycles. The molecule has 0 saturated heterocycles. The van der Waals surface area contributed by atoms with E-state index in [-0.39, 0.29) is 11.5 Å². The maximum atomic E-state index is 9.99. The van der Waals surface area contributed by atoms with Crippen molar-refractivity contribution < 1.29 is 5.11 Å². The zero-order chi connectivity index (χ0) is 17.4. The van der Waals surface area contributed by atoms with Crippen molar-refractivity contribution in [2.24, 2.45) is 5.41 Å². The number of hydrogen-bond acceptors (Lipinski definition) is 1. The number of rotatable bonds is 16. The molecule has 0 radical (unpaired) electrons. The second-order valence-corrected chi connectivity index (χ2v) is 8.62. The smallest absolute Gasteiger partial charge is 0.0588 e. The molecule has 0 fully saturated rings. The Morgan fingerprint density at radius 2 is 0.870 bits per heavy atom. The Morgan fingerprint density at radius 1 is 0.565 bits per heavy atom. The van der Waals surface area contributed by atoms with Gasteiger partial charge in [0.1, 0.15) is 0 Å². The topological polar surface area (TPSA) is 20.2 Å². The highest BCUT2D eigenvalue weighted by Crippen LogP contribution is 2.23. The van der Waals surface area contributed by atoms with Gasteiger partial charge in [-0.1, -0.05) is 124 Å². The first kappa shape index (κ1) is 23.0. The molecule has 1 N–H and O–H groups in total. The summed E-state index contributed by atoms with van der Waals surface area (Å²) in [6.45, 7) is 8.67. The van der Waals surface area contributed by atoms with E-state index in [1.54, 1.807) is 0 Å². The minimum absolute atomic E-state index is 0.0516. The van der Waals surface area contributed by atoms with Crippen LogP contribution in [0.4, 0.5) is 0 Å². The Balaban J connectivity index is 3.11. The molecule has 140 valence electrons. The van der Waals surface area contributed by atoms with Gasteiger partial charge in [-0.2, -0.15) is 0 Å². The van der Waals surface area contributed by atoms with Crippen LogP contribution in [0.15, 0.2) is 0 Å². The molecule has 0 aromatic heterocycles. The molecule has 0 aliphatic carbocycles. The van der Waals surface area contributed by atoms with Crippen molar-refractivity contribution in [3.8, 4) is 0 Å². The van der Waals surface area contributed by atoms with Gasteiger partial charge in [0.25, 0.3) is 0 Å². The van der Waals surface area contributed by atoms with E-state index in [1.807, 2.05) is 0 Å². The molecule has 0 aliphatic heterocycles. The van der Waals surface area contributed by atoms with E-state index in [9.17, 15) is 5.11 Å². The maximum absolute atomic E-state index is 9.99. The lowest BCUT2D eigenvalue weighted by Crippen LogP contribution is -2.25. The molecule has 0 amide bonds. The predicted molar refractivity (Wildman–Crippen MR) is 105 cm³/mol. The van der Waals surface area contributed by atoms with Crippen molar-refractivity contribution in [2.75, 3.05) is 0 Å². The highest BCUT2D eigenvalue weighted by Gasteiger charge is 2.20. The highest BCUT2D eigenvalue weighted by molar-refractivity contribution is 4.72. The van der Waals surface area contributed by atoms with Gasteiger partial charge in [-0.25, -0.2) is 0 Å². The molecule has 1 unspecified atom stereocenters. The quantitative estimate of drug-likeness (QED) is 0.289. The second kappa shape index (κ2) is 15.5. The minimum atomic E-state index is -0.135. The summed E-state index contributed by atoms with van der Waals surface area (Å²) in [7, 11) is 0. The number of hydrogen-bond donors (Lipinski definition) is 1. The van der Waals surface area contributed by atoms with Gasteiger partial charge in [0.05, 0.1) is 6.10 Å². The molecule has 0 aliphatic rings. The van der Waals surface area contributed by atoms with Gasteiger partial charge in [0, 0.05) is 0 Å².